The number of fused-ring (bicyclic) bond motifs is 1. The van der Waals surface area contributed by atoms with Gasteiger partial charge in [0.2, 0.25) is 5.91 Å². The van der Waals surface area contributed by atoms with Crippen LogP contribution < -0.4 is 5.32 Å². The van der Waals surface area contributed by atoms with Gasteiger partial charge < -0.3 is 5.32 Å². The quantitative estimate of drug-likeness (QED) is 0.695. The van der Waals surface area contributed by atoms with E-state index in [1.54, 1.807) is 23.5 Å². The number of nitrogens with zero attached hydrogens (tertiary/aromatic N) is 2. The number of benzene rings is 1. The molecule has 0 atom stereocenters. The van der Waals surface area contributed by atoms with Crippen LogP contribution in [0.25, 0.3) is 0 Å². The number of non-ortho nitro benzene ring substituents is 1. The molecule has 7 heteroatoms. The number of nitro benzene ring substituents is 1. The predicted molar refractivity (Wildman–Crippen MR) is 85.0 cm³/mol. The van der Waals surface area contributed by atoms with Crippen LogP contribution in [-0.2, 0) is 17.8 Å². The zero-order valence-electron chi connectivity index (χ0n) is 11.8. The van der Waals surface area contributed by atoms with Crippen LogP contribution >= 0.6 is 11.3 Å². The van der Waals surface area contributed by atoms with Gasteiger partial charge in [-0.3, -0.25) is 19.8 Å². The molecule has 1 N–H and O–H groups in total. The molecular weight excluding hydrogens is 302 g/mol. The van der Waals surface area contributed by atoms with Gasteiger partial charge in [0.25, 0.3) is 5.69 Å². The Kier molecular flexibility index (Phi) is 4.17. The van der Waals surface area contributed by atoms with Crippen molar-refractivity contribution in [3.05, 3.63) is 56.3 Å². The van der Waals surface area contributed by atoms with E-state index in [2.05, 4.69) is 21.7 Å². The summed E-state index contributed by atoms with van der Waals surface area (Å²) in [5, 5.41) is 15.4. The Hall–Kier alpha value is -2.25. The number of hydrogen-bond acceptors (Lipinski definition) is 5. The molecule has 0 fully saturated rings. The molecule has 0 bridgehead atoms. The van der Waals surface area contributed by atoms with E-state index in [1.165, 1.54) is 22.6 Å². The van der Waals surface area contributed by atoms with Gasteiger partial charge in [-0.05, 0) is 35.6 Å². The van der Waals surface area contributed by atoms with E-state index in [9.17, 15) is 14.9 Å². The van der Waals surface area contributed by atoms with E-state index in [1.807, 2.05) is 0 Å². The van der Waals surface area contributed by atoms with Gasteiger partial charge in [0.15, 0.2) is 0 Å². The van der Waals surface area contributed by atoms with Crippen molar-refractivity contribution >= 4 is 28.6 Å². The average molecular weight is 317 g/mol. The number of nitrogens with one attached hydrogen (secondary N) is 1. The average Bonchev–Trinajstić information content (AvgIpc) is 2.95. The van der Waals surface area contributed by atoms with Crippen molar-refractivity contribution in [3.63, 3.8) is 0 Å². The molecule has 6 nitrogen and oxygen atoms in total. The minimum Gasteiger partial charge on any atom is -0.325 e. The maximum atomic E-state index is 12.1. The highest BCUT2D eigenvalue weighted by Crippen LogP contribution is 2.23. The molecule has 0 radical (unpaired) electrons. The lowest BCUT2D eigenvalue weighted by Gasteiger charge is -2.26. The highest BCUT2D eigenvalue weighted by atomic mass is 32.1. The molecule has 2 heterocycles. The first-order valence-electron chi connectivity index (χ1n) is 6.94. The van der Waals surface area contributed by atoms with Gasteiger partial charge in [-0.2, -0.15) is 0 Å². The van der Waals surface area contributed by atoms with Crippen molar-refractivity contribution in [3.8, 4) is 0 Å². The zero-order chi connectivity index (χ0) is 15.5. The van der Waals surface area contributed by atoms with Crippen LogP contribution in [-0.4, -0.2) is 28.8 Å². The maximum absolute atomic E-state index is 12.1. The molecule has 22 heavy (non-hydrogen) atoms. The van der Waals surface area contributed by atoms with Gasteiger partial charge in [0, 0.05) is 35.8 Å². The normalized spacial score (nSPS) is 14.4. The number of amides is 1. The third-order valence-corrected chi connectivity index (χ3v) is 4.64. The lowest BCUT2D eigenvalue weighted by atomic mass is 10.1. The smallest absolute Gasteiger partial charge is 0.269 e. The fourth-order valence-electron chi connectivity index (χ4n) is 2.51. The van der Waals surface area contributed by atoms with E-state index in [4.69, 9.17) is 0 Å². The lowest BCUT2D eigenvalue weighted by Crippen LogP contribution is -2.36. The predicted octanol–water partition coefficient (Wildman–Crippen LogP) is 2.65. The Bertz CT molecular complexity index is 696. The van der Waals surface area contributed by atoms with Crippen molar-refractivity contribution in [2.75, 3.05) is 18.4 Å². The minimum absolute atomic E-state index is 0.0130. The number of rotatable bonds is 4. The first-order chi connectivity index (χ1) is 10.6. The minimum atomic E-state index is -0.461. The van der Waals surface area contributed by atoms with Gasteiger partial charge >= 0.3 is 0 Å². The monoisotopic (exact) mass is 317 g/mol. The summed E-state index contributed by atoms with van der Waals surface area (Å²) >= 11 is 1.77. The van der Waals surface area contributed by atoms with E-state index in [-0.39, 0.29) is 11.6 Å². The van der Waals surface area contributed by atoms with Crippen molar-refractivity contribution in [2.45, 2.75) is 13.0 Å². The molecule has 1 aromatic carbocycles. The number of thiophene rings is 1. The molecule has 0 spiro atoms. The van der Waals surface area contributed by atoms with Crippen LogP contribution in [0.2, 0.25) is 0 Å². The lowest BCUT2D eigenvalue weighted by molar-refractivity contribution is -0.384. The van der Waals surface area contributed by atoms with Crippen LogP contribution in [0.4, 0.5) is 11.4 Å². The molecular formula is C15H15N3O3S. The second kappa shape index (κ2) is 6.25. The Morgan fingerprint density at radius 3 is 2.82 bits per heavy atom. The third kappa shape index (κ3) is 3.32. The highest BCUT2D eigenvalue weighted by Gasteiger charge is 2.19. The Morgan fingerprint density at radius 2 is 2.09 bits per heavy atom. The van der Waals surface area contributed by atoms with Gasteiger partial charge in [-0.1, -0.05) is 0 Å². The number of anilines is 1. The van der Waals surface area contributed by atoms with Gasteiger partial charge in [0.05, 0.1) is 11.5 Å². The summed E-state index contributed by atoms with van der Waals surface area (Å²) in [6, 6.07) is 7.97. The van der Waals surface area contributed by atoms with Crippen LogP contribution in [0.5, 0.6) is 0 Å². The highest BCUT2D eigenvalue weighted by molar-refractivity contribution is 7.10. The topological polar surface area (TPSA) is 75.5 Å². The molecule has 0 saturated carbocycles. The Balaban J connectivity index is 1.55. The summed E-state index contributed by atoms with van der Waals surface area (Å²) in [4.78, 5) is 25.7. The molecule has 1 aliphatic rings. The summed E-state index contributed by atoms with van der Waals surface area (Å²) in [7, 11) is 0. The molecule has 0 saturated heterocycles. The van der Waals surface area contributed by atoms with Crippen molar-refractivity contribution < 1.29 is 9.72 Å². The van der Waals surface area contributed by atoms with Crippen molar-refractivity contribution in [1.82, 2.24) is 4.90 Å². The second-order valence-electron chi connectivity index (χ2n) is 5.18. The van der Waals surface area contributed by atoms with Gasteiger partial charge in [-0.25, -0.2) is 0 Å². The maximum Gasteiger partial charge on any atom is 0.269 e. The summed E-state index contributed by atoms with van der Waals surface area (Å²) in [6.07, 6.45) is 0.984. The third-order valence-electron chi connectivity index (χ3n) is 3.62. The summed E-state index contributed by atoms with van der Waals surface area (Å²) < 4.78 is 0. The summed E-state index contributed by atoms with van der Waals surface area (Å²) in [6.45, 7) is 2.00. The van der Waals surface area contributed by atoms with Crippen LogP contribution in [0, 0.1) is 10.1 Å². The summed E-state index contributed by atoms with van der Waals surface area (Å²) in [5.41, 5.74) is 1.89. The fourth-order valence-corrected chi connectivity index (χ4v) is 3.40. The zero-order valence-corrected chi connectivity index (χ0v) is 12.6. The largest absolute Gasteiger partial charge is 0.325 e. The van der Waals surface area contributed by atoms with Crippen LogP contribution in [0.3, 0.4) is 0 Å². The number of carbonyl (C=O) groups is 1. The van der Waals surface area contributed by atoms with E-state index in [0.717, 1.165) is 19.5 Å². The standard InChI is InChI=1S/C15H15N3O3S/c19-15(16-12-1-3-13(4-2-12)18(20)21)10-17-7-5-14-11(9-17)6-8-22-14/h1-4,6,8H,5,7,9-10H2,(H,16,19). The fraction of sp³-hybridized carbons (Fsp3) is 0.267. The molecule has 2 aromatic rings. The van der Waals surface area contributed by atoms with Crippen molar-refractivity contribution in [2.24, 2.45) is 0 Å². The van der Waals surface area contributed by atoms with Crippen molar-refractivity contribution in [1.29, 1.82) is 0 Å². The molecule has 0 aliphatic carbocycles. The number of nitro groups is 1. The second-order valence-corrected chi connectivity index (χ2v) is 6.18. The van der Waals surface area contributed by atoms with E-state index in [0.29, 0.717) is 12.2 Å². The first-order valence-corrected chi connectivity index (χ1v) is 7.82. The Morgan fingerprint density at radius 1 is 1.32 bits per heavy atom. The van der Waals surface area contributed by atoms with Crippen LogP contribution in [0.1, 0.15) is 10.4 Å². The summed E-state index contributed by atoms with van der Waals surface area (Å²) in [5.74, 6) is -0.104. The molecule has 114 valence electrons. The molecule has 3 rings (SSSR count). The Labute approximate surface area is 131 Å². The van der Waals surface area contributed by atoms with Gasteiger partial charge in [-0.15, -0.1) is 11.3 Å². The first kappa shape index (κ1) is 14.7. The molecule has 1 aliphatic heterocycles. The molecule has 0 unspecified atom stereocenters. The number of hydrogen-bond donors (Lipinski definition) is 1. The van der Waals surface area contributed by atoms with Crippen LogP contribution in [0.15, 0.2) is 35.7 Å². The van der Waals surface area contributed by atoms with E-state index >= 15 is 0 Å². The molecule has 1 aromatic heterocycles. The van der Waals surface area contributed by atoms with E-state index < -0.39 is 4.92 Å². The number of carbonyl (C=O) groups excluding carboxylic acids is 1. The molecule has 1 amide bonds. The van der Waals surface area contributed by atoms with Gasteiger partial charge in [0.1, 0.15) is 0 Å². The SMILES string of the molecule is O=C(CN1CCc2sccc2C1)Nc1ccc([N+](=O)[O-])cc1.